The minimum Gasteiger partial charge on any atom is -0.315 e. The quantitative estimate of drug-likeness (QED) is 0.670. The first-order valence-electron chi connectivity index (χ1n) is 7.67. The van der Waals surface area contributed by atoms with Crippen molar-refractivity contribution in [2.75, 3.05) is 40.3 Å². The molecule has 18 heavy (non-hydrogen) atoms. The SMILES string of the molecule is CCCNCC(C(C)C)N(C)CC1CCCN1C. The van der Waals surface area contributed by atoms with Crippen LogP contribution in [-0.2, 0) is 0 Å². The summed E-state index contributed by atoms with van der Waals surface area (Å²) in [4.78, 5) is 5.09. The first-order valence-corrected chi connectivity index (χ1v) is 7.67. The van der Waals surface area contributed by atoms with Crippen molar-refractivity contribution in [2.45, 2.75) is 52.1 Å². The second-order valence-electron chi connectivity index (χ2n) is 6.23. The molecule has 0 saturated carbocycles. The van der Waals surface area contributed by atoms with Gasteiger partial charge in [-0.3, -0.25) is 0 Å². The highest BCUT2D eigenvalue weighted by Gasteiger charge is 2.26. The number of rotatable bonds is 8. The molecule has 0 spiro atoms. The van der Waals surface area contributed by atoms with Crippen molar-refractivity contribution in [3.05, 3.63) is 0 Å². The van der Waals surface area contributed by atoms with Gasteiger partial charge in [-0.2, -0.15) is 0 Å². The topological polar surface area (TPSA) is 18.5 Å². The first-order chi connectivity index (χ1) is 8.56. The number of nitrogens with one attached hydrogen (secondary N) is 1. The van der Waals surface area contributed by atoms with Gasteiger partial charge in [-0.05, 0) is 52.4 Å². The molecule has 0 aromatic rings. The van der Waals surface area contributed by atoms with Gasteiger partial charge in [0.05, 0.1) is 0 Å². The lowest BCUT2D eigenvalue weighted by Gasteiger charge is -2.35. The zero-order chi connectivity index (χ0) is 13.5. The Labute approximate surface area is 114 Å². The molecule has 0 radical (unpaired) electrons. The minimum atomic E-state index is 0.658. The number of nitrogens with zero attached hydrogens (tertiary/aromatic N) is 2. The van der Waals surface area contributed by atoms with E-state index in [0.29, 0.717) is 12.0 Å². The monoisotopic (exact) mass is 255 g/mol. The van der Waals surface area contributed by atoms with E-state index >= 15 is 0 Å². The Morgan fingerprint density at radius 2 is 2.11 bits per heavy atom. The van der Waals surface area contributed by atoms with Crippen molar-refractivity contribution < 1.29 is 0 Å². The Morgan fingerprint density at radius 3 is 2.61 bits per heavy atom. The third kappa shape index (κ3) is 4.87. The Bertz CT molecular complexity index is 218. The molecule has 1 saturated heterocycles. The second kappa shape index (κ2) is 8.13. The van der Waals surface area contributed by atoms with Gasteiger partial charge in [0.2, 0.25) is 0 Å². The summed E-state index contributed by atoms with van der Waals surface area (Å²) in [5, 5.41) is 3.58. The summed E-state index contributed by atoms with van der Waals surface area (Å²) in [6.45, 7) is 11.7. The van der Waals surface area contributed by atoms with Crippen LogP contribution in [0.3, 0.4) is 0 Å². The van der Waals surface area contributed by atoms with Gasteiger partial charge in [-0.15, -0.1) is 0 Å². The zero-order valence-electron chi connectivity index (χ0n) is 13.1. The Hall–Kier alpha value is -0.120. The standard InChI is InChI=1S/C15H33N3/c1-6-9-16-11-15(13(2)3)18(5)12-14-8-7-10-17(14)4/h13-16H,6-12H2,1-5H3. The molecule has 1 fully saturated rings. The maximum atomic E-state index is 3.58. The van der Waals surface area contributed by atoms with Crippen LogP contribution in [0.1, 0.15) is 40.0 Å². The molecule has 0 bridgehead atoms. The molecule has 2 unspecified atom stereocenters. The summed E-state index contributed by atoms with van der Waals surface area (Å²) < 4.78 is 0. The lowest BCUT2D eigenvalue weighted by molar-refractivity contribution is 0.144. The average molecular weight is 255 g/mol. The Morgan fingerprint density at radius 1 is 1.39 bits per heavy atom. The van der Waals surface area contributed by atoms with Crippen molar-refractivity contribution in [1.29, 1.82) is 0 Å². The number of likely N-dealkylation sites (N-methyl/N-ethyl adjacent to an activating group) is 2. The van der Waals surface area contributed by atoms with E-state index in [1.54, 1.807) is 0 Å². The van der Waals surface area contributed by atoms with Crippen LogP contribution in [0, 0.1) is 5.92 Å². The van der Waals surface area contributed by atoms with Crippen LogP contribution < -0.4 is 5.32 Å². The molecule has 0 amide bonds. The molecule has 0 aromatic heterocycles. The summed E-state index contributed by atoms with van der Waals surface area (Å²) in [6.07, 6.45) is 3.96. The van der Waals surface area contributed by atoms with E-state index < -0.39 is 0 Å². The molecule has 1 aliphatic heterocycles. The fourth-order valence-electron chi connectivity index (χ4n) is 3.00. The second-order valence-corrected chi connectivity index (χ2v) is 6.23. The molecule has 1 rings (SSSR count). The largest absolute Gasteiger partial charge is 0.315 e. The third-order valence-corrected chi connectivity index (χ3v) is 4.29. The lowest BCUT2D eigenvalue weighted by atomic mass is 10.0. The number of hydrogen-bond donors (Lipinski definition) is 1. The van der Waals surface area contributed by atoms with Crippen LogP contribution in [0.4, 0.5) is 0 Å². The minimum absolute atomic E-state index is 0.658. The van der Waals surface area contributed by atoms with E-state index in [4.69, 9.17) is 0 Å². The van der Waals surface area contributed by atoms with Crippen molar-refractivity contribution in [2.24, 2.45) is 5.92 Å². The predicted octanol–water partition coefficient (Wildman–Crippen LogP) is 2.04. The van der Waals surface area contributed by atoms with E-state index in [-0.39, 0.29) is 0 Å². The highest BCUT2D eigenvalue weighted by Crippen LogP contribution is 2.18. The summed E-state index contributed by atoms with van der Waals surface area (Å²) in [5.41, 5.74) is 0. The molecule has 108 valence electrons. The van der Waals surface area contributed by atoms with Crippen LogP contribution in [0.25, 0.3) is 0 Å². The molecule has 3 nitrogen and oxygen atoms in total. The summed E-state index contributed by atoms with van der Waals surface area (Å²) in [6, 6.07) is 1.42. The molecule has 1 heterocycles. The van der Waals surface area contributed by atoms with Gasteiger partial charge < -0.3 is 15.1 Å². The lowest BCUT2D eigenvalue weighted by Crippen LogP contribution is -2.48. The van der Waals surface area contributed by atoms with E-state index in [0.717, 1.165) is 19.1 Å². The summed E-state index contributed by atoms with van der Waals surface area (Å²) in [7, 11) is 4.57. The van der Waals surface area contributed by atoms with Gasteiger partial charge >= 0.3 is 0 Å². The molecular weight excluding hydrogens is 222 g/mol. The van der Waals surface area contributed by atoms with Crippen molar-refractivity contribution in [3.8, 4) is 0 Å². The molecule has 1 N–H and O–H groups in total. The fourth-order valence-corrected chi connectivity index (χ4v) is 3.00. The summed E-state index contributed by atoms with van der Waals surface area (Å²) >= 11 is 0. The third-order valence-electron chi connectivity index (χ3n) is 4.29. The molecule has 2 atom stereocenters. The van der Waals surface area contributed by atoms with Crippen LogP contribution in [-0.4, -0.2) is 62.2 Å². The smallest absolute Gasteiger partial charge is 0.0241 e. The van der Waals surface area contributed by atoms with Crippen molar-refractivity contribution in [1.82, 2.24) is 15.1 Å². The highest BCUT2D eigenvalue weighted by atomic mass is 15.2. The number of hydrogen-bond acceptors (Lipinski definition) is 3. The fraction of sp³-hybridized carbons (Fsp3) is 1.00. The number of likely N-dealkylation sites (tertiary alicyclic amines) is 1. The van der Waals surface area contributed by atoms with Gasteiger partial charge in [-0.25, -0.2) is 0 Å². The first kappa shape index (κ1) is 15.9. The van der Waals surface area contributed by atoms with Gasteiger partial charge in [0, 0.05) is 25.2 Å². The predicted molar refractivity (Wildman–Crippen MR) is 80.1 cm³/mol. The van der Waals surface area contributed by atoms with Crippen LogP contribution in [0.2, 0.25) is 0 Å². The van der Waals surface area contributed by atoms with E-state index in [9.17, 15) is 0 Å². The van der Waals surface area contributed by atoms with E-state index in [1.807, 2.05) is 0 Å². The van der Waals surface area contributed by atoms with Gasteiger partial charge in [0.1, 0.15) is 0 Å². The maximum absolute atomic E-state index is 3.58. The van der Waals surface area contributed by atoms with Crippen LogP contribution in [0.5, 0.6) is 0 Å². The Kier molecular flexibility index (Phi) is 7.20. The normalized spacial score (nSPS) is 23.2. The van der Waals surface area contributed by atoms with Crippen molar-refractivity contribution >= 4 is 0 Å². The van der Waals surface area contributed by atoms with Gasteiger partial charge in [0.25, 0.3) is 0 Å². The van der Waals surface area contributed by atoms with Crippen molar-refractivity contribution in [3.63, 3.8) is 0 Å². The van der Waals surface area contributed by atoms with E-state index in [1.165, 1.54) is 32.4 Å². The molecular formula is C15H33N3. The van der Waals surface area contributed by atoms with Crippen LogP contribution >= 0.6 is 0 Å². The highest BCUT2D eigenvalue weighted by molar-refractivity contribution is 4.83. The maximum Gasteiger partial charge on any atom is 0.0241 e. The molecule has 0 aliphatic carbocycles. The van der Waals surface area contributed by atoms with Gasteiger partial charge in [-0.1, -0.05) is 20.8 Å². The van der Waals surface area contributed by atoms with Crippen LogP contribution in [0.15, 0.2) is 0 Å². The molecule has 0 aromatic carbocycles. The Balaban J connectivity index is 2.40. The van der Waals surface area contributed by atoms with E-state index in [2.05, 4.69) is 50.0 Å². The molecule has 1 aliphatic rings. The zero-order valence-corrected chi connectivity index (χ0v) is 13.1. The summed E-state index contributed by atoms with van der Waals surface area (Å²) in [5.74, 6) is 0.714. The average Bonchev–Trinajstić information content (AvgIpc) is 2.70. The van der Waals surface area contributed by atoms with Gasteiger partial charge in [0.15, 0.2) is 0 Å². The molecule has 3 heteroatoms.